The van der Waals surface area contributed by atoms with Crippen LogP contribution in [0.3, 0.4) is 0 Å². The average Bonchev–Trinajstić information content (AvgIpc) is 2.56. The first-order valence-corrected chi connectivity index (χ1v) is 8.89. The Hall–Kier alpha value is -1.73. The lowest BCUT2D eigenvalue weighted by Crippen LogP contribution is -2.42. The van der Waals surface area contributed by atoms with Crippen molar-refractivity contribution in [2.75, 3.05) is 14.1 Å². The van der Waals surface area contributed by atoms with Crippen molar-refractivity contribution in [1.82, 2.24) is 10.3 Å². The quantitative estimate of drug-likeness (QED) is 0.624. The van der Waals surface area contributed by atoms with Crippen LogP contribution in [0.1, 0.15) is 18.5 Å². The normalized spacial score (nSPS) is 14.7. The molecule has 23 heavy (non-hydrogen) atoms. The Morgan fingerprint density at radius 1 is 0.957 bits per heavy atom. The second kappa shape index (κ2) is 7.23. The largest absolute Gasteiger partial charge is 0.301 e. The van der Waals surface area contributed by atoms with Gasteiger partial charge in [0.2, 0.25) is 9.84 Å². The van der Waals surface area contributed by atoms with Crippen molar-refractivity contribution in [3.05, 3.63) is 60.2 Å². The summed E-state index contributed by atoms with van der Waals surface area (Å²) in [6.07, 6.45) is 0. The minimum atomic E-state index is -3.48. The summed E-state index contributed by atoms with van der Waals surface area (Å²) < 4.78 is 25.2. The Morgan fingerprint density at radius 3 is 1.96 bits per heavy atom. The van der Waals surface area contributed by atoms with Crippen LogP contribution in [0.5, 0.6) is 0 Å². The van der Waals surface area contributed by atoms with E-state index in [1.54, 1.807) is 42.5 Å². The summed E-state index contributed by atoms with van der Waals surface area (Å²) >= 11 is 0. The fraction of sp³-hybridized carbons (Fsp3) is 0.294. The monoisotopic (exact) mass is 333 g/mol. The van der Waals surface area contributed by atoms with Crippen LogP contribution < -0.4 is 11.3 Å². The van der Waals surface area contributed by atoms with Crippen molar-refractivity contribution in [3.8, 4) is 0 Å². The maximum Gasteiger partial charge on any atom is 0.206 e. The smallest absolute Gasteiger partial charge is 0.206 e. The summed E-state index contributed by atoms with van der Waals surface area (Å²) in [6.45, 7) is 1.99. The lowest BCUT2D eigenvalue weighted by atomic mass is 10.00. The Balaban J connectivity index is 2.36. The van der Waals surface area contributed by atoms with E-state index in [1.807, 2.05) is 38.1 Å². The van der Waals surface area contributed by atoms with Crippen LogP contribution in [0.25, 0.3) is 0 Å². The predicted octanol–water partition coefficient (Wildman–Crippen LogP) is 1.97. The molecule has 3 N–H and O–H groups in total. The first-order chi connectivity index (χ1) is 10.9. The molecule has 0 fully saturated rings. The van der Waals surface area contributed by atoms with E-state index in [4.69, 9.17) is 5.84 Å². The van der Waals surface area contributed by atoms with Gasteiger partial charge in [-0.15, -0.1) is 0 Å². The maximum absolute atomic E-state index is 12.6. The van der Waals surface area contributed by atoms with E-state index in [9.17, 15) is 8.42 Å². The van der Waals surface area contributed by atoms with Crippen molar-refractivity contribution in [3.63, 3.8) is 0 Å². The van der Waals surface area contributed by atoms with Crippen LogP contribution >= 0.6 is 0 Å². The van der Waals surface area contributed by atoms with E-state index in [1.165, 1.54) is 0 Å². The third kappa shape index (κ3) is 3.79. The number of rotatable bonds is 6. The zero-order valence-electron chi connectivity index (χ0n) is 13.6. The average molecular weight is 333 g/mol. The molecular formula is C17H23N3O2S. The Morgan fingerprint density at radius 2 is 1.48 bits per heavy atom. The van der Waals surface area contributed by atoms with E-state index in [0.717, 1.165) is 5.56 Å². The molecule has 0 unspecified atom stereocenters. The van der Waals surface area contributed by atoms with Crippen LogP contribution in [0.4, 0.5) is 0 Å². The summed E-state index contributed by atoms with van der Waals surface area (Å²) in [5, 5.41) is 0. The highest BCUT2D eigenvalue weighted by molar-refractivity contribution is 7.91. The van der Waals surface area contributed by atoms with Crippen LogP contribution in [-0.4, -0.2) is 33.5 Å². The zero-order valence-corrected chi connectivity index (χ0v) is 14.4. The van der Waals surface area contributed by atoms with Gasteiger partial charge in [0.05, 0.1) is 15.8 Å². The Bertz CT molecular complexity index is 728. The molecule has 2 aromatic carbocycles. The second-order valence-electron chi connectivity index (χ2n) is 5.75. The summed E-state index contributed by atoms with van der Waals surface area (Å²) in [5.74, 6) is 5.55. The molecule has 0 aliphatic heterocycles. The van der Waals surface area contributed by atoms with E-state index >= 15 is 0 Å². The Labute approximate surface area is 138 Å². The van der Waals surface area contributed by atoms with Gasteiger partial charge in [0.1, 0.15) is 0 Å². The van der Waals surface area contributed by atoms with E-state index in [0.29, 0.717) is 9.79 Å². The van der Waals surface area contributed by atoms with Gasteiger partial charge in [0, 0.05) is 6.04 Å². The highest BCUT2D eigenvalue weighted by Gasteiger charge is 2.22. The van der Waals surface area contributed by atoms with Gasteiger partial charge in [0.15, 0.2) is 0 Å². The molecule has 0 saturated heterocycles. The van der Waals surface area contributed by atoms with E-state index < -0.39 is 9.84 Å². The van der Waals surface area contributed by atoms with Gasteiger partial charge in [-0.05, 0) is 50.8 Å². The predicted molar refractivity (Wildman–Crippen MR) is 91.5 cm³/mol. The van der Waals surface area contributed by atoms with Crippen molar-refractivity contribution < 1.29 is 8.42 Å². The molecular weight excluding hydrogens is 310 g/mol. The highest BCUT2D eigenvalue weighted by Crippen LogP contribution is 2.26. The molecule has 124 valence electrons. The van der Waals surface area contributed by atoms with Gasteiger partial charge < -0.3 is 4.90 Å². The van der Waals surface area contributed by atoms with Crippen LogP contribution in [0, 0.1) is 0 Å². The summed E-state index contributed by atoms with van der Waals surface area (Å²) in [7, 11) is 0.449. The summed E-state index contributed by atoms with van der Waals surface area (Å²) in [5.41, 5.74) is 3.76. The number of hydrazine groups is 1. The summed E-state index contributed by atoms with van der Waals surface area (Å²) in [6, 6.07) is 15.5. The molecule has 5 nitrogen and oxygen atoms in total. The molecule has 0 spiro atoms. The lowest BCUT2D eigenvalue weighted by Gasteiger charge is -2.30. The number of hydrogen-bond donors (Lipinski definition) is 2. The van der Waals surface area contributed by atoms with Crippen molar-refractivity contribution in [2.24, 2.45) is 5.84 Å². The molecule has 0 radical (unpaired) electrons. The van der Waals surface area contributed by atoms with Crippen LogP contribution in [0.15, 0.2) is 64.4 Å². The van der Waals surface area contributed by atoms with Crippen molar-refractivity contribution in [2.45, 2.75) is 28.8 Å². The second-order valence-corrected chi connectivity index (χ2v) is 7.70. The molecule has 0 aromatic heterocycles. The molecule has 6 heteroatoms. The third-order valence-corrected chi connectivity index (χ3v) is 5.66. The molecule has 0 saturated carbocycles. The van der Waals surface area contributed by atoms with Crippen LogP contribution in [0.2, 0.25) is 0 Å². The number of sulfone groups is 1. The van der Waals surface area contributed by atoms with Gasteiger partial charge >= 0.3 is 0 Å². The number of likely N-dealkylation sites (N-methyl/N-ethyl adjacent to an activating group) is 1. The number of benzene rings is 2. The van der Waals surface area contributed by atoms with Gasteiger partial charge in [-0.25, -0.2) is 8.42 Å². The van der Waals surface area contributed by atoms with E-state index in [-0.39, 0.29) is 12.1 Å². The molecule has 0 aliphatic rings. The maximum atomic E-state index is 12.6. The Kier molecular flexibility index (Phi) is 5.54. The fourth-order valence-corrected chi connectivity index (χ4v) is 3.99. The number of nitrogens with one attached hydrogen (secondary N) is 1. The molecule has 2 atom stereocenters. The minimum Gasteiger partial charge on any atom is -0.301 e. The number of nitrogens with two attached hydrogens (primary N) is 1. The molecule has 0 aliphatic carbocycles. The van der Waals surface area contributed by atoms with Crippen LogP contribution in [-0.2, 0) is 9.84 Å². The highest BCUT2D eigenvalue weighted by atomic mass is 32.2. The minimum absolute atomic E-state index is 0.0292. The standard InChI is InChI=1S/C17H23N3O2S/c1-13(19-18)17(20(2)3)14-9-11-16(12-10-14)23(21,22)15-7-5-4-6-8-15/h4-13,17,19H,18H2,1-3H3/t13-,17+/m1/s1. The molecule has 0 amide bonds. The van der Waals surface area contributed by atoms with Crippen molar-refractivity contribution >= 4 is 9.84 Å². The first kappa shape index (κ1) is 17.6. The van der Waals surface area contributed by atoms with Gasteiger partial charge in [0.25, 0.3) is 0 Å². The lowest BCUT2D eigenvalue weighted by molar-refractivity contribution is 0.241. The zero-order chi connectivity index (χ0) is 17.0. The first-order valence-electron chi connectivity index (χ1n) is 7.40. The fourth-order valence-electron chi connectivity index (χ4n) is 2.71. The van der Waals surface area contributed by atoms with Crippen molar-refractivity contribution in [1.29, 1.82) is 0 Å². The van der Waals surface area contributed by atoms with Gasteiger partial charge in [-0.3, -0.25) is 11.3 Å². The molecule has 2 aromatic rings. The third-order valence-electron chi connectivity index (χ3n) is 3.88. The van der Waals surface area contributed by atoms with Gasteiger partial charge in [-0.2, -0.15) is 0 Å². The molecule has 0 bridgehead atoms. The SMILES string of the molecule is C[C@@H](NN)[C@@H](c1ccc(S(=O)(=O)c2ccccc2)cc1)N(C)C. The van der Waals surface area contributed by atoms with Gasteiger partial charge in [-0.1, -0.05) is 30.3 Å². The number of hydrogen-bond acceptors (Lipinski definition) is 5. The number of nitrogens with zero attached hydrogens (tertiary/aromatic N) is 1. The summed E-state index contributed by atoms with van der Waals surface area (Å²) in [4.78, 5) is 2.64. The molecule has 0 heterocycles. The van der Waals surface area contributed by atoms with E-state index in [2.05, 4.69) is 5.43 Å². The molecule has 2 rings (SSSR count). The topological polar surface area (TPSA) is 75.4 Å².